The molecule has 7 unspecified atom stereocenters. The van der Waals surface area contributed by atoms with E-state index in [0.717, 1.165) is 44.9 Å². The molecule has 1 aromatic carbocycles. The number of hydrogen-bond acceptors (Lipinski definition) is 8. The van der Waals surface area contributed by atoms with Crippen molar-refractivity contribution in [3.05, 3.63) is 35.4 Å². The number of rotatable bonds is 8. The summed E-state index contributed by atoms with van der Waals surface area (Å²) < 4.78 is 10.9. The van der Waals surface area contributed by atoms with Crippen molar-refractivity contribution < 1.29 is 38.9 Å². The number of ketones is 1. The molecule has 0 aromatic heterocycles. The zero-order valence-electron chi connectivity index (χ0n) is 24.8. The van der Waals surface area contributed by atoms with Crippen LogP contribution in [-0.4, -0.2) is 53.1 Å². The molecule has 228 valence electrons. The molecule has 3 saturated carbocycles. The third-order valence-electron chi connectivity index (χ3n) is 11.0. The smallest absolute Gasteiger partial charge is 0.328 e. The van der Waals surface area contributed by atoms with Gasteiger partial charge >= 0.3 is 11.9 Å². The summed E-state index contributed by atoms with van der Waals surface area (Å²) in [5, 5.41) is 21.9. The molecule has 9 heteroatoms. The van der Waals surface area contributed by atoms with Crippen LogP contribution in [0.25, 0.3) is 0 Å². The highest BCUT2D eigenvalue weighted by Crippen LogP contribution is 2.65. The number of ether oxygens (including phenoxy) is 2. The molecular formula is C33H43NO8. The monoisotopic (exact) mass is 581 g/mol. The van der Waals surface area contributed by atoms with E-state index >= 15 is 0 Å². The zero-order chi connectivity index (χ0) is 30.2. The number of carbonyl (C=O) groups is 4. The fraction of sp³-hybridized carbons (Fsp3) is 0.636. The zero-order valence-corrected chi connectivity index (χ0v) is 24.8. The van der Waals surface area contributed by atoms with Crippen LogP contribution in [0.15, 0.2) is 29.8 Å². The van der Waals surface area contributed by atoms with Gasteiger partial charge in [0, 0.05) is 24.7 Å². The molecule has 3 N–H and O–H groups in total. The highest BCUT2D eigenvalue weighted by atomic mass is 16.5. The van der Waals surface area contributed by atoms with Crippen molar-refractivity contribution in [2.24, 2.45) is 28.6 Å². The van der Waals surface area contributed by atoms with E-state index < -0.39 is 23.9 Å². The van der Waals surface area contributed by atoms with Gasteiger partial charge < -0.3 is 25.0 Å². The quantitative estimate of drug-likeness (QED) is 0.301. The first-order valence-corrected chi connectivity index (χ1v) is 15.3. The van der Waals surface area contributed by atoms with Crippen LogP contribution in [0.4, 0.5) is 0 Å². The maximum absolute atomic E-state index is 12.9. The SMILES string of the molecule is COC(=O)C(Cc1ccc(O)c(O)c1)NC(=O)CCC(=O)OC1CCC2C3CCC4=CC(=O)CCC4(C)C3CCC12C. The van der Waals surface area contributed by atoms with E-state index in [1.165, 1.54) is 30.9 Å². The number of fused-ring (bicyclic) bond motifs is 5. The molecule has 7 atom stereocenters. The number of amides is 1. The Morgan fingerprint density at radius 1 is 1.00 bits per heavy atom. The third-order valence-corrected chi connectivity index (χ3v) is 11.0. The molecule has 0 bridgehead atoms. The predicted molar refractivity (Wildman–Crippen MR) is 153 cm³/mol. The molecule has 0 radical (unpaired) electrons. The number of carbonyl (C=O) groups excluding carboxylic acids is 4. The van der Waals surface area contributed by atoms with Crippen LogP contribution in [-0.2, 0) is 35.1 Å². The summed E-state index contributed by atoms with van der Waals surface area (Å²) in [6, 6.07) is 3.15. The summed E-state index contributed by atoms with van der Waals surface area (Å²) in [7, 11) is 1.22. The molecule has 0 heterocycles. The van der Waals surface area contributed by atoms with E-state index in [1.807, 2.05) is 6.08 Å². The van der Waals surface area contributed by atoms with Gasteiger partial charge in [-0.05, 0) is 91.9 Å². The van der Waals surface area contributed by atoms with Crippen LogP contribution in [0.1, 0.15) is 83.6 Å². The minimum atomic E-state index is -1.01. The third kappa shape index (κ3) is 5.66. The number of allylic oxidation sites excluding steroid dienone is 1. The van der Waals surface area contributed by atoms with Gasteiger partial charge in [0.05, 0.1) is 13.5 Å². The lowest BCUT2D eigenvalue weighted by atomic mass is 9.47. The maximum Gasteiger partial charge on any atom is 0.328 e. The van der Waals surface area contributed by atoms with Crippen molar-refractivity contribution in [2.75, 3.05) is 7.11 Å². The molecule has 1 amide bonds. The van der Waals surface area contributed by atoms with E-state index in [0.29, 0.717) is 29.7 Å². The number of esters is 2. The summed E-state index contributed by atoms with van der Waals surface area (Å²) in [5.41, 5.74) is 1.88. The highest BCUT2D eigenvalue weighted by Gasteiger charge is 2.60. The first kappa shape index (κ1) is 30.1. The van der Waals surface area contributed by atoms with Gasteiger partial charge in [0.25, 0.3) is 0 Å². The topological polar surface area (TPSA) is 139 Å². The molecule has 3 fully saturated rings. The molecule has 1 aromatic rings. The molecule has 9 nitrogen and oxygen atoms in total. The van der Waals surface area contributed by atoms with Gasteiger partial charge in [0.1, 0.15) is 12.1 Å². The Balaban J connectivity index is 1.15. The first-order chi connectivity index (χ1) is 19.9. The van der Waals surface area contributed by atoms with Crippen molar-refractivity contribution in [1.82, 2.24) is 5.32 Å². The number of nitrogens with one attached hydrogen (secondary N) is 1. The van der Waals surface area contributed by atoms with Crippen LogP contribution in [0.2, 0.25) is 0 Å². The largest absolute Gasteiger partial charge is 0.504 e. The molecule has 0 saturated heterocycles. The van der Waals surface area contributed by atoms with Gasteiger partial charge in [-0.25, -0.2) is 4.79 Å². The normalized spacial score (nSPS) is 32.5. The van der Waals surface area contributed by atoms with Crippen molar-refractivity contribution in [3.63, 3.8) is 0 Å². The number of phenols is 2. The van der Waals surface area contributed by atoms with Gasteiger partial charge in [0.2, 0.25) is 5.91 Å². The van der Waals surface area contributed by atoms with E-state index in [-0.39, 0.29) is 53.5 Å². The Morgan fingerprint density at radius 2 is 1.79 bits per heavy atom. The molecule has 4 aliphatic rings. The Bertz CT molecular complexity index is 1290. The number of methoxy groups -OCH3 is 1. The molecular weight excluding hydrogens is 538 g/mol. The average Bonchev–Trinajstić information content (AvgIpc) is 3.29. The van der Waals surface area contributed by atoms with E-state index in [9.17, 15) is 29.4 Å². The fourth-order valence-electron chi connectivity index (χ4n) is 8.67. The maximum atomic E-state index is 12.9. The minimum Gasteiger partial charge on any atom is -0.504 e. The summed E-state index contributed by atoms with van der Waals surface area (Å²) >= 11 is 0. The lowest BCUT2D eigenvalue weighted by molar-refractivity contribution is -0.160. The highest BCUT2D eigenvalue weighted by molar-refractivity contribution is 5.91. The van der Waals surface area contributed by atoms with E-state index in [2.05, 4.69) is 19.2 Å². The van der Waals surface area contributed by atoms with Crippen LogP contribution in [0, 0.1) is 28.6 Å². The van der Waals surface area contributed by atoms with Crippen molar-refractivity contribution in [1.29, 1.82) is 0 Å². The number of hydrogen-bond donors (Lipinski definition) is 3. The van der Waals surface area contributed by atoms with Gasteiger partial charge in [-0.2, -0.15) is 0 Å². The second-order valence-corrected chi connectivity index (χ2v) is 13.2. The summed E-state index contributed by atoms with van der Waals surface area (Å²) in [5.74, 6) is -0.281. The van der Waals surface area contributed by atoms with Crippen LogP contribution in [0.5, 0.6) is 11.5 Å². The fourth-order valence-corrected chi connectivity index (χ4v) is 8.67. The number of phenolic OH excluding ortho intramolecular Hbond substituents is 2. The van der Waals surface area contributed by atoms with Gasteiger partial charge in [-0.15, -0.1) is 0 Å². The van der Waals surface area contributed by atoms with Crippen LogP contribution >= 0.6 is 0 Å². The second kappa shape index (κ2) is 11.7. The average molecular weight is 582 g/mol. The van der Waals surface area contributed by atoms with Gasteiger partial charge in [-0.3, -0.25) is 14.4 Å². The van der Waals surface area contributed by atoms with Crippen LogP contribution < -0.4 is 5.32 Å². The number of aromatic hydroxyl groups is 2. The van der Waals surface area contributed by atoms with Crippen molar-refractivity contribution in [3.8, 4) is 11.5 Å². The van der Waals surface area contributed by atoms with Gasteiger partial charge in [0.15, 0.2) is 17.3 Å². The summed E-state index contributed by atoms with van der Waals surface area (Å²) in [6.07, 6.45) is 9.13. The lowest BCUT2D eigenvalue weighted by Gasteiger charge is -2.57. The summed E-state index contributed by atoms with van der Waals surface area (Å²) in [6.45, 7) is 4.63. The number of benzene rings is 1. The van der Waals surface area contributed by atoms with Crippen LogP contribution in [0.3, 0.4) is 0 Å². The van der Waals surface area contributed by atoms with Crippen molar-refractivity contribution >= 4 is 23.6 Å². The van der Waals surface area contributed by atoms with E-state index in [1.54, 1.807) is 0 Å². The summed E-state index contributed by atoms with van der Waals surface area (Å²) in [4.78, 5) is 50.0. The predicted octanol–water partition coefficient (Wildman–Crippen LogP) is 4.52. The standard InChI is InChI=1S/C33H43NO8/c1-32-14-12-21(35)18-20(32)5-6-22-23-7-9-28(33(23,2)15-13-24(22)32)42-30(39)11-10-29(38)34-25(31(40)41-3)16-19-4-8-26(36)27(37)17-19/h4,8,17-18,22-25,28,36-37H,5-7,9-16H2,1-3H3,(H,34,38). The Morgan fingerprint density at radius 3 is 2.52 bits per heavy atom. The van der Waals surface area contributed by atoms with Crippen molar-refractivity contribution in [2.45, 2.75) is 96.6 Å². The molecule has 5 rings (SSSR count). The minimum absolute atomic E-state index is 0.0489. The Kier molecular flexibility index (Phi) is 8.41. The molecule has 0 spiro atoms. The van der Waals surface area contributed by atoms with Gasteiger partial charge in [-0.1, -0.05) is 25.5 Å². The second-order valence-electron chi connectivity index (χ2n) is 13.2. The Labute approximate surface area is 247 Å². The first-order valence-electron chi connectivity index (χ1n) is 15.3. The van der Waals surface area contributed by atoms with E-state index in [4.69, 9.17) is 9.47 Å². The molecule has 0 aliphatic heterocycles. The Hall–Kier alpha value is -3.36. The molecule has 42 heavy (non-hydrogen) atoms. The lowest BCUT2D eigenvalue weighted by Crippen LogP contribution is -2.51. The molecule has 4 aliphatic carbocycles.